The molecule has 6 heteroatoms. The summed E-state index contributed by atoms with van der Waals surface area (Å²) >= 11 is 3.29. The van der Waals surface area contributed by atoms with Gasteiger partial charge in [0.05, 0.1) is 5.78 Å². The highest BCUT2D eigenvalue weighted by Gasteiger charge is 2.11. The Labute approximate surface area is 99.8 Å². The van der Waals surface area contributed by atoms with Crippen LogP contribution in [0.25, 0.3) is 0 Å². The number of aromatic nitrogens is 1. The highest BCUT2D eigenvalue weighted by atomic mass is 79.9. The van der Waals surface area contributed by atoms with Gasteiger partial charge in [0, 0.05) is 10.7 Å². The van der Waals surface area contributed by atoms with Crippen LogP contribution in [-0.4, -0.2) is 20.6 Å². The predicted molar refractivity (Wildman–Crippen MR) is 67.7 cm³/mol. The molecule has 0 bridgehead atoms. The topological polar surface area (TPSA) is 65.4 Å². The number of pyridine rings is 1. The lowest BCUT2D eigenvalue weighted by molar-refractivity contribution is 0.473. The quantitative estimate of drug-likeness (QED) is 0.750. The molecule has 0 spiro atoms. The minimum Gasteiger partial charge on any atom is -0.359 e. The molecule has 1 aromatic heterocycles. The van der Waals surface area contributed by atoms with Gasteiger partial charge in [-0.15, -0.1) is 0 Å². The zero-order chi connectivity index (χ0) is 11.8. The second kappa shape index (κ2) is 7.99. The average molecular weight is 295 g/mol. The summed E-state index contributed by atoms with van der Waals surface area (Å²) in [5, 5.41) is 2.87. The molecule has 0 radical (unpaired) electrons. The molecule has 1 rings (SSSR count). The van der Waals surface area contributed by atoms with E-state index in [1.54, 1.807) is 25.3 Å². The molecular weight excluding hydrogens is 279 g/mol. The molecule has 0 saturated carbocycles. The van der Waals surface area contributed by atoms with Gasteiger partial charge in [0.2, 0.25) is 0 Å². The van der Waals surface area contributed by atoms with Crippen molar-refractivity contribution in [1.82, 2.24) is 4.98 Å². The van der Waals surface area contributed by atoms with Crippen molar-refractivity contribution in [3.05, 3.63) is 22.8 Å². The molecule has 0 aromatic carbocycles. The maximum Gasteiger partial charge on any atom is 0.188 e. The lowest BCUT2D eigenvalue weighted by atomic mass is 10.4. The number of rotatable bonds is 3. The summed E-state index contributed by atoms with van der Waals surface area (Å²) in [5.74, 6) is 0.245. The third-order valence-corrected chi connectivity index (χ3v) is 2.74. The van der Waals surface area contributed by atoms with Gasteiger partial charge >= 0.3 is 0 Å². The molecule has 86 valence electrons. The van der Waals surface area contributed by atoms with Crippen LogP contribution >= 0.6 is 24.3 Å². The fraction of sp³-hybridized carbons (Fsp3) is 0.444. The lowest BCUT2D eigenvalue weighted by Gasteiger charge is -2.14. The highest BCUT2D eigenvalue weighted by Crippen LogP contribution is 2.30. The van der Waals surface area contributed by atoms with Gasteiger partial charge in [0.1, 0.15) is 5.82 Å². The number of halogens is 1. The molecule has 0 saturated heterocycles. The molecule has 1 atom stereocenters. The van der Waals surface area contributed by atoms with E-state index >= 15 is 0 Å². The Kier molecular flexibility index (Phi) is 7.88. The first-order valence-corrected chi connectivity index (χ1v) is 6.75. The van der Waals surface area contributed by atoms with E-state index in [1.807, 2.05) is 13.8 Å². The molecular formula is C9H16BrN2O2P. The molecule has 1 aromatic rings. The van der Waals surface area contributed by atoms with E-state index in [0.717, 1.165) is 4.47 Å². The van der Waals surface area contributed by atoms with Gasteiger partial charge in [-0.1, -0.05) is 29.8 Å². The van der Waals surface area contributed by atoms with Crippen LogP contribution in [0.15, 0.2) is 22.8 Å². The molecule has 1 unspecified atom stereocenters. The molecule has 3 N–H and O–H groups in total. The van der Waals surface area contributed by atoms with Crippen molar-refractivity contribution in [3.8, 4) is 0 Å². The standard InChI is InChI=1S/C7H10BrN2O2P.C2H6/c1-5(13(11)12)10-7-4-6(8)2-3-9-7;1-2/h2-5,11-12H,1H3,(H,9,10);1-2H3. The van der Waals surface area contributed by atoms with Crippen molar-refractivity contribution in [1.29, 1.82) is 0 Å². The first-order valence-electron chi connectivity index (χ1n) is 4.64. The van der Waals surface area contributed by atoms with E-state index in [4.69, 9.17) is 9.79 Å². The van der Waals surface area contributed by atoms with Crippen molar-refractivity contribution in [2.75, 3.05) is 5.32 Å². The number of hydrogen-bond donors (Lipinski definition) is 3. The summed E-state index contributed by atoms with van der Waals surface area (Å²) in [6, 6.07) is 3.58. The summed E-state index contributed by atoms with van der Waals surface area (Å²) in [7, 11) is -1.96. The van der Waals surface area contributed by atoms with E-state index in [9.17, 15) is 0 Å². The van der Waals surface area contributed by atoms with Crippen LogP contribution in [0.1, 0.15) is 20.8 Å². The van der Waals surface area contributed by atoms with E-state index in [0.29, 0.717) is 5.82 Å². The third-order valence-electron chi connectivity index (χ3n) is 1.43. The van der Waals surface area contributed by atoms with E-state index in [-0.39, 0.29) is 5.78 Å². The van der Waals surface area contributed by atoms with Gasteiger partial charge in [-0.3, -0.25) is 0 Å². The Morgan fingerprint density at radius 3 is 2.53 bits per heavy atom. The van der Waals surface area contributed by atoms with Crippen LogP contribution in [0.5, 0.6) is 0 Å². The van der Waals surface area contributed by atoms with Gasteiger partial charge in [-0.05, 0) is 19.1 Å². The first kappa shape index (κ1) is 14.8. The summed E-state index contributed by atoms with van der Waals surface area (Å²) in [4.78, 5) is 21.7. The van der Waals surface area contributed by atoms with Gasteiger partial charge in [0.25, 0.3) is 0 Å². The third kappa shape index (κ3) is 6.05. The predicted octanol–water partition coefficient (Wildman–Crippen LogP) is 2.92. The van der Waals surface area contributed by atoms with Crippen molar-refractivity contribution < 1.29 is 9.79 Å². The van der Waals surface area contributed by atoms with Gasteiger partial charge in [-0.2, -0.15) is 0 Å². The Hall–Kier alpha value is -0.220. The average Bonchev–Trinajstić information content (AvgIpc) is 2.20. The van der Waals surface area contributed by atoms with E-state index in [1.165, 1.54) is 0 Å². The van der Waals surface area contributed by atoms with Crippen molar-refractivity contribution in [3.63, 3.8) is 0 Å². The second-order valence-electron chi connectivity index (χ2n) is 2.50. The van der Waals surface area contributed by atoms with Crippen molar-refractivity contribution in [2.45, 2.75) is 26.6 Å². The molecule has 0 fully saturated rings. The Bertz CT molecular complexity index is 287. The zero-order valence-electron chi connectivity index (χ0n) is 8.98. The summed E-state index contributed by atoms with van der Waals surface area (Å²) < 4.78 is 0.900. The Balaban J connectivity index is 0.000000921. The normalized spacial score (nSPS) is 11.7. The minimum absolute atomic E-state index is 0.378. The van der Waals surface area contributed by atoms with Crippen LogP contribution in [0.3, 0.4) is 0 Å². The molecule has 0 aliphatic heterocycles. The summed E-state index contributed by atoms with van der Waals surface area (Å²) in [6.45, 7) is 5.69. The smallest absolute Gasteiger partial charge is 0.188 e. The van der Waals surface area contributed by atoms with E-state index < -0.39 is 8.38 Å². The fourth-order valence-corrected chi connectivity index (χ4v) is 1.34. The SMILES string of the molecule is CC.CC(Nc1cc(Br)ccn1)P(O)O. The minimum atomic E-state index is -1.96. The van der Waals surface area contributed by atoms with Crippen LogP contribution < -0.4 is 5.32 Å². The number of anilines is 1. The van der Waals surface area contributed by atoms with Crippen molar-refractivity contribution in [2.24, 2.45) is 0 Å². The number of nitrogens with zero attached hydrogens (tertiary/aromatic N) is 1. The fourth-order valence-electron chi connectivity index (χ4n) is 0.755. The van der Waals surface area contributed by atoms with Gasteiger partial charge in [0.15, 0.2) is 8.38 Å². The summed E-state index contributed by atoms with van der Waals surface area (Å²) in [5.41, 5.74) is 0. The number of nitrogens with one attached hydrogen (secondary N) is 1. The molecule has 4 nitrogen and oxygen atoms in total. The second-order valence-corrected chi connectivity index (χ2v) is 4.83. The Morgan fingerprint density at radius 2 is 2.07 bits per heavy atom. The van der Waals surface area contributed by atoms with Crippen LogP contribution in [0.2, 0.25) is 0 Å². The van der Waals surface area contributed by atoms with Crippen LogP contribution in [0.4, 0.5) is 5.82 Å². The maximum atomic E-state index is 8.87. The molecule has 0 aliphatic rings. The lowest BCUT2D eigenvalue weighted by Crippen LogP contribution is -2.13. The first-order chi connectivity index (χ1) is 7.09. The van der Waals surface area contributed by atoms with Crippen molar-refractivity contribution >= 4 is 30.1 Å². The van der Waals surface area contributed by atoms with Crippen LogP contribution in [0, 0.1) is 0 Å². The number of hydrogen-bond acceptors (Lipinski definition) is 4. The zero-order valence-corrected chi connectivity index (χ0v) is 11.5. The monoisotopic (exact) mass is 294 g/mol. The Morgan fingerprint density at radius 1 is 1.47 bits per heavy atom. The largest absolute Gasteiger partial charge is 0.359 e. The summed E-state index contributed by atoms with van der Waals surface area (Å²) in [6.07, 6.45) is 1.64. The molecule has 15 heavy (non-hydrogen) atoms. The van der Waals surface area contributed by atoms with Gasteiger partial charge in [-0.25, -0.2) is 4.98 Å². The van der Waals surface area contributed by atoms with Gasteiger partial charge < -0.3 is 15.1 Å². The molecule has 0 aliphatic carbocycles. The maximum absolute atomic E-state index is 8.87. The molecule has 1 heterocycles. The molecule has 0 amide bonds. The van der Waals surface area contributed by atoms with Crippen LogP contribution in [-0.2, 0) is 0 Å². The van der Waals surface area contributed by atoms with E-state index in [2.05, 4.69) is 26.2 Å². The highest BCUT2D eigenvalue weighted by molar-refractivity contribution is 9.10.